The van der Waals surface area contributed by atoms with Crippen LogP contribution in [0, 0.1) is 0 Å². The van der Waals surface area contributed by atoms with Gasteiger partial charge in [-0.1, -0.05) is 12.1 Å². The van der Waals surface area contributed by atoms with Gasteiger partial charge in [0.25, 0.3) is 11.8 Å². The zero-order valence-electron chi connectivity index (χ0n) is 14.3. The number of hydrogen-bond acceptors (Lipinski definition) is 5. The van der Waals surface area contributed by atoms with Crippen LogP contribution < -0.4 is 20.7 Å². The van der Waals surface area contributed by atoms with E-state index >= 15 is 0 Å². The van der Waals surface area contributed by atoms with Crippen molar-refractivity contribution in [2.75, 3.05) is 43.1 Å². The third kappa shape index (κ3) is 4.52. The topological polar surface area (TPSA) is 93.9 Å². The Labute approximate surface area is 151 Å². The summed E-state index contributed by atoms with van der Waals surface area (Å²) in [5.74, 6) is -0.624. The molecule has 1 aliphatic heterocycles. The van der Waals surface area contributed by atoms with E-state index in [0.717, 1.165) is 32.0 Å². The van der Waals surface area contributed by atoms with Crippen molar-refractivity contribution < 1.29 is 19.1 Å². The van der Waals surface area contributed by atoms with Gasteiger partial charge in [0.2, 0.25) is 0 Å². The van der Waals surface area contributed by atoms with Crippen LogP contribution in [0.4, 0.5) is 11.4 Å². The first kappa shape index (κ1) is 17.8. The van der Waals surface area contributed by atoms with Gasteiger partial charge < -0.3 is 25.4 Å². The fraction of sp³-hybridized carbons (Fsp3) is 0.263. The molecule has 7 heteroatoms. The number of nitrogens with two attached hydrogens (primary N) is 1. The first-order valence-electron chi connectivity index (χ1n) is 8.38. The van der Waals surface area contributed by atoms with Gasteiger partial charge in [-0.15, -0.1) is 0 Å². The Bertz CT molecular complexity index is 771. The van der Waals surface area contributed by atoms with Gasteiger partial charge in [0, 0.05) is 24.5 Å². The van der Waals surface area contributed by atoms with Crippen molar-refractivity contribution >= 4 is 23.2 Å². The van der Waals surface area contributed by atoms with E-state index in [2.05, 4.69) is 10.2 Å². The fourth-order valence-electron chi connectivity index (χ4n) is 2.71. The van der Waals surface area contributed by atoms with Crippen LogP contribution >= 0.6 is 0 Å². The minimum atomic E-state index is -0.597. The van der Waals surface area contributed by atoms with Crippen LogP contribution in [-0.2, 0) is 9.53 Å². The van der Waals surface area contributed by atoms with Gasteiger partial charge in [0.1, 0.15) is 5.75 Å². The standard InChI is InChI=1S/C19H21N3O4/c20-19(24)16-3-1-2-4-17(16)26-13-18(23)21-14-5-7-15(8-6-14)22-9-11-25-12-10-22/h1-8H,9-13H2,(H2,20,24)(H,21,23). The highest BCUT2D eigenvalue weighted by Gasteiger charge is 2.12. The van der Waals surface area contributed by atoms with Gasteiger partial charge in [-0.25, -0.2) is 0 Å². The van der Waals surface area contributed by atoms with Crippen molar-refractivity contribution in [1.29, 1.82) is 0 Å². The minimum Gasteiger partial charge on any atom is -0.483 e. The van der Waals surface area contributed by atoms with Gasteiger partial charge in [-0.2, -0.15) is 0 Å². The number of amides is 2. The van der Waals surface area contributed by atoms with Crippen LogP contribution in [0.3, 0.4) is 0 Å². The van der Waals surface area contributed by atoms with Crippen LogP contribution in [-0.4, -0.2) is 44.7 Å². The Morgan fingerprint density at radius 1 is 1.08 bits per heavy atom. The molecule has 7 nitrogen and oxygen atoms in total. The third-order valence-corrected chi connectivity index (χ3v) is 4.04. The maximum absolute atomic E-state index is 12.1. The van der Waals surface area contributed by atoms with Gasteiger partial charge >= 0.3 is 0 Å². The molecule has 3 rings (SSSR count). The predicted molar refractivity (Wildman–Crippen MR) is 98.6 cm³/mol. The SMILES string of the molecule is NC(=O)c1ccccc1OCC(=O)Nc1ccc(N2CCOCC2)cc1. The van der Waals surface area contributed by atoms with E-state index in [-0.39, 0.29) is 23.8 Å². The molecule has 136 valence electrons. The lowest BCUT2D eigenvalue weighted by Gasteiger charge is -2.28. The number of morpholine rings is 1. The second kappa shape index (κ2) is 8.35. The lowest BCUT2D eigenvalue weighted by Crippen LogP contribution is -2.36. The number of nitrogens with one attached hydrogen (secondary N) is 1. The van der Waals surface area contributed by atoms with Crippen molar-refractivity contribution in [3.05, 3.63) is 54.1 Å². The molecule has 1 fully saturated rings. The average Bonchev–Trinajstić information content (AvgIpc) is 2.68. The Kier molecular flexibility index (Phi) is 5.70. The number of primary amides is 1. The number of rotatable bonds is 6. The quantitative estimate of drug-likeness (QED) is 0.822. The average molecular weight is 355 g/mol. The van der Waals surface area contributed by atoms with Crippen molar-refractivity contribution in [3.63, 3.8) is 0 Å². The van der Waals surface area contributed by atoms with Crippen LogP contribution in [0.5, 0.6) is 5.75 Å². The highest BCUT2D eigenvalue weighted by atomic mass is 16.5. The summed E-state index contributed by atoms with van der Waals surface area (Å²) >= 11 is 0. The molecule has 2 aromatic rings. The van der Waals surface area contributed by atoms with E-state index in [1.165, 1.54) is 0 Å². The fourth-order valence-corrected chi connectivity index (χ4v) is 2.71. The molecule has 0 atom stereocenters. The van der Waals surface area contributed by atoms with E-state index in [4.69, 9.17) is 15.2 Å². The third-order valence-electron chi connectivity index (χ3n) is 4.04. The molecule has 1 heterocycles. The number of hydrogen-bond donors (Lipinski definition) is 2. The van der Waals surface area contributed by atoms with Crippen LogP contribution in [0.25, 0.3) is 0 Å². The molecule has 0 unspecified atom stereocenters. The lowest BCUT2D eigenvalue weighted by molar-refractivity contribution is -0.118. The molecular formula is C19H21N3O4. The number of carbonyl (C=O) groups is 2. The van der Waals surface area contributed by atoms with E-state index in [0.29, 0.717) is 5.69 Å². The molecule has 0 bridgehead atoms. The number of anilines is 2. The number of ether oxygens (including phenoxy) is 2. The summed E-state index contributed by atoms with van der Waals surface area (Å²) in [5.41, 5.74) is 7.31. The van der Waals surface area contributed by atoms with Gasteiger partial charge in [0.15, 0.2) is 6.61 Å². The summed E-state index contributed by atoms with van der Waals surface area (Å²) in [5, 5.41) is 2.77. The summed E-state index contributed by atoms with van der Waals surface area (Å²) in [4.78, 5) is 25.7. The first-order chi connectivity index (χ1) is 12.6. The van der Waals surface area contributed by atoms with E-state index in [1.54, 1.807) is 24.3 Å². The van der Waals surface area contributed by atoms with Crippen molar-refractivity contribution in [2.24, 2.45) is 5.73 Å². The highest BCUT2D eigenvalue weighted by molar-refractivity contribution is 5.96. The Morgan fingerprint density at radius 2 is 1.77 bits per heavy atom. The zero-order chi connectivity index (χ0) is 18.4. The second-order valence-corrected chi connectivity index (χ2v) is 5.84. The number of carbonyl (C=O) groups excluding carboxylic acids is 2. The molecule has 0 aliphatic carbocycles. The van der Waals surface area contributed by atoms with Gasteiger partial charge in [-0.05, 0) is 36.4 Å². The van der Waals surface area contributed by atoms with E-state index in [1.807, 2.05) is 24.3 Å². The molecule has 2 aromatic carbocycles. The molecule has 1 aliphatic rings. The summed E-state index contributed by atoms with van der Waals surface area (Å²) in [6.45, 7) is 2.96. The van der Waals surface area contributed by atoms with E-state index in [9.17, 15) is 9.59 Å². The zero-order valence-corrected chi connectivity index (χ0v) is 14.3. The molecule has 0 saturated carbocycles. The molecule has 1 saturated heterocycles. The lowest BCUT2D eigenvalue weighted by atomic mass is 10.2. The summed E-state index contributed by atoms with van der Waals surface area (Å²) in [7, 11) is 0. The molecule has 2 amide bonds. The maximum Gasteiger partial charge on any atom is 0.262 e. The number of nitrogens with zero attached hydrogens (tertiary/aromatic N) is 1. The second-order valence-electron chi connectivity index (χ2n) is 5.84. The van der Waals surface area contributed by atoms with Crippen LogP contribution in [0.15, 0.2) is 48.5 Å². The molecule has 0 spiro atoms. The van der Waals surface area contributed by atoms with Gasteiger partial charge in [0.05, 0.1) is 18.8 Å². The predicted octanol–water partition coefficient (Wildman–Crippen LogP) is 1.64. The number of benzene rings is 2. The summed E-state index contributed by atoms with van der Waals surface area (Å²) in [6, 6.07) is 14.2. The number of para-hydroxylation sites is 1. The Morgan fingerprint density at radius 3 is 2.46 bits per heavy atom. The van der Waals surface area contributed by atoms with Crippen molar-refractivity contribution in [3.8, 4) is 5.75 Å². The Balaban J connectivity index is 1.54. The summed E-state index contributed by atoms with van der Waals surface area (Å²) < 4.78 is 10.8. The Hall–Kier alpha value is -3.06. The molecule has 0 radical (unpaired) electrons. The maximum atomic E-state index is 12.1. The van der Waals surface area contributed by atoms with Crippen molar-refractivity contribution in [2.45, 2.75) is 0 Å². The first-order valence-corrected chi connectivity index (χ1v) is 8.38. The van der Waals surface area contributed by atoms with Crippen molar-refractivity contribution in [1.82, 2.24) is 0 Å². The monoisotopic (exact) mass is 355 g/mol. The smallest absolute Gasteiger partial charge is 0.262 e. The van der Waals surface area contributed by atoms with Crippen LogP contribution in [0.1, 0.15) is 10.4 Å². The van der Waals surface area contributed by atoms with E-state index < -0.39 is 5.91 Å². The largest absolute Gasteiger partial charge is 0.483 e. The van der Waals surface area contributed by atoms with Gasteiger partial charge in [-0.3, -0.25) is 9.59 Å². The summed E-state index contributed by atoms with van der Waals surface area (Å²) in [6.07, 6.45) is 0. The van der Waals surface area contributed by atoms with Crippen LogP contribution in [0.2, 0.25) is 0 Å². The molecule has 0 aromatic heterocycles. The molecular weight excluding hydrogens is 334 g/mol. The normalized spacial score (nSPS) is 13.9. The minimum absolute atomic E-state index is 0.213. The highest BCUT2D eigenvalue weighted by Crippen LogP contribution is 2.20. The molecule has 3 N–H and O–H groups in total. The molecule has 26 heavy (non-hydrogen) atoms.